The third-order valence-electron chi connectivity index (χ3n) is 3.02. The molecular weight excluding hydrogens is 249 g/mol. The van der Waals surface area contributed by atoms with Gasteiger partial charge in [-0.15, -0.1) is 0 Å². The van der Waals surface area contributed by atoms with Gasteiger partial charge < -0.3 is 10.6 Å². The fraction of sp³-hybridized carbons (Fsp3) is 0.250. The molecular formula is C12H12FN5O. The van der Waals surface area contributed by atoms with Crippen molar-refractivity contribution < 1.29 is 9.18 Å². The summed E-state index contributed by atoms with van der Waals surface area (Å²) in [5.41, 5.74) is 2.25. The van der Waals surface area contributed by atoms with Crippen molar-refractivity contribution >= 4 is 5.91 Å². The van der Waals surface area contributed by atoms with E-state index in [-0.39, 0.29) is 11.4 Å². The Morgan fingerprint density at radius 3 is 3.00 bits per heavy atom. The first kappa shape index (κ1) is 11.8. The molecule has 2 N–H and O–H groups in total. The van der Waals surface area contributed by atoms with E-state index >= 15 is 0 Å². The Kier molecular flexibility index (Phi) is 2.75. The van der Waals surface area contributed by atoms with E-state index in [1.54, 1.807) is 6.20 Å². The number of carbonyl (C=O) groups is 1. The van der Waals surface area contributed by atoms with Gasteiger partial charge in [0.25, 0.3) is 5.91 Å². The third kappa shape index (κ3) is 1.97. The van der Waals surface area contributed by atoms with Crippen LogP contribution in [0.1, 0.15) is 21.7 Å². The van der Waals surface area contributed by atoms with Crippen molar-refractivity contribution in [2.75, 3.05) is 7.05 Å². The van der Waals surface area contributed by atoms with Crippen molar-refractivity contribution in [1.82, 2.24) is 25.4 Å². The van der Waals surface area contributed by atoms with Gasteiger partial charge in [0.15, 0.2) is 0 Å². The standard InChI is InChI=1S/C12H12FN5O/c1-14-12(19)8-2-3-10(11(13)16-8)18-6-7-4-15-5-9(7)17-18/h2-3,6,15H,4-5H2,1H3,(H,14,19). The van der Waals surface area contributed by atoms with E-state index in [9.17, 15) is 9.18 Å². The fourth-order valence-electron chi connectivity index (χ4n) is 2.03. The summed E-state index contributed by atoms with van der Waals surface area (Å²) in [6, 6.07) is 2.98. The maximum atomic E-state index is 13.9. The van der Waals surface area contributed by atoms with Gasteiger partial charge in [0, 0.05) is 31.9 Å². The fourth-order valence-corrected chi connectivity index (χ4v) is 2.03. The van der Waals surface area contributed by atoms with Crippen LogP contribution in [-0.4, -0.2) is 27.7 Å². The molecule has 7 heteroatoms. The van der Waals surface area contributed by atoms with Gasteiger partial charge in [-0.1, -0.05) is 0 Å². The normalized spacial score (nSPS) is 13.4. The lowest BCUT2D eigenvalue weighted by molar-refractivity contribution is 0.0957. The molecule has 0 saturated heterocycles. The van der Waals surface area contributed by atoms with Crippen molar-refractivity contribution in [3.63, 3.8) is 0 Å². The first-order valence-corrected chi connectivity index (χ1v) is 5.86. The predicted octanol–water partition coefficient (Wildman–Crippen LogP) is 0.369. The van der Waals surface area contributed by atoms with Crippen LogP contribution in [0.2, 0.25) is 0 Å². The van der Waals surface area contributed by atoms with Gasteiger partial charge in [-0.3, -0.25) is 4.79 Å². The van der Waals surface area contributed by atoms with Crippen molar-refractivity contribution in [3.8, 4) is 5.69 Å². The molecule has 0 aliphatic carbocycles. The van der Waals surface area contributed by atoms with Gasteiger partial charge in [0.1, 0.15) is 11.4 Å². The number of aromatic nitrogens is 3. The molecule has 3 rings (SSSR count). The number of pyridine rings is 1. The first-order valence-electron chi connectivity index (χ1n) is 5.86. The summed E-state index contributed by atoms with van der Waals surface area (Å²) in [7, 11) is 1.47. The summed E-state index contributed by atoms with van der Waals surface area (Å²) >= 11 is 0. The number of halogens is 1. The van der Waals surface area contributed by atoms with E-state index in [1.165, 1.54) is 23.9 Å². The minimum atomic E-state index is -0.713. The Labute approximate surface area is 108 Å². The van der Waals surface area contributed by atoms with Crippen LogP contribution in [0.4, 0.5) is 4.39 Å². The van der Waals surface area contributed by atoms with Gasteiger partial charge in [-0.05, 0) is 12.1 Å². The zero-order valence-corrected chi connectivity index (χ0v) is 10.3. The lowest BCUT2D eigenvalue weighted by atomic mass is 10.3. The smallest absolute Gasteiger partial charge is 0.269 e. The zero-order valence-electron chi connectivity index (χ0n) is 10.3. The van der Waals surface area contributed by atoms with Crippen molar-refractivity contribution in [1.29, 1.82) is 0 Å². The maximum Gasteiger partial charge on any atom is 0.269 e. The molecule has 6 nitrogen and oxygen atoms in total. The quantitative estimate of drug-likeness (QED) is 0.766. The Morgan fingerprint density at radius 2 is 2.32 bits per heavy atom. The zero-order chi connectivity index (χ0) is 13.4. The molecule has 1 aliphatic rings. The monoisotopic (exact) mass is 261 g/mol. The molecule has 19 heavy (non-hydrogen) atoms. The molecule has 2 aromatic rings. The number of nitrogens with one attached hydrogen (secondary N) is 2. The average molecular weight is 261 g/mol. The van der Waals surface area contributed by atoms with Crippen LogP contribution in [0, 0.1) is 5.95 Å². The van der Waals surface area contributed by atoms with Gasteiger partial charge in [0.05, 0.1) is 5.69 Å². The van der Waals surface area contributed by atoms with E-state index in [2.05, 4.69) is 20.7 Å². The Balaban J connectivity index is 1.98. The van der Waals surface area contributed by atoms with Crippen molar-refractivity contribution in [2.24, 2.45) is 0 Å². The highest BCUT2D eigenvalue weighted by Gasteiger charge is 2.18. The van der Waals surface area contributed by atoms with Gasteiger partial charge in [-0.2, -0.15) is 9.49 Å². The second-order valence-corrected chi connectivity index (χ2v) is 4.23. The number of rotatable bonds is 2. The van der Waals surface area contributed by atoms with Crippen LogP contribution < -0.4 is 10.6 Å². The van der Waals surface area contributed by atoms with Crippen LogP contribution in [0.15, 0.2) is 18.3 Å². The topological polar surface area (TPSA) is 71.8 Å². The molecule has 1 aliphatic heterocycles. The number of fused-ring (bicyclic) bond motifs is 1. The molecule has 0 radical (unpaired) electrons. The lowest BCUT2D eigenvalue weighted by Crippen LogP contribution is -2.20. The number of carbonyl (C=O) groups excluding carboxylic acids is 1. The minimum Gasteiger partial charge on any atom is -0.354 e. The van der Waals surface area contributed by atoms with Gasteiger partial charge in [0.2, 0.25) is 5.95 Å². The summed E-state index contributed by atoms with van der Waals surface area (Å²) in [6.45, 7) is 1.43. The number of hydrogen-bond donors (Lipinski definition) is 2. The Bertz CT molecular complexity index is 630. The molecule has 0 spiro atoms. The number of amides is 1. The summed E-state index contributed by atoms with van der Waals surface area (Å²) < 4.78 is 15.4. The van der Waals surface area contributed by atoms with Crippen molar-refractivity contribution in [3.05, 3.63) is 41.2 Å². The van der Waals surface area contributed by atoms with E-state index in [4.69, 9.17) is 0 Å². The van der Waals surface area contributed by atoms with Gasteiger partial charge in [-0.25, -0.2) is 9.67 Å². The van der Waals surface area contributed by atoms with Crippen LogP contribution in [0.3, 0.4) is 0 Å². The Hall–Kier alpha value is -2.28. The molecule has 0 unspecified atom stereocenters. The molecule has 98 valence electrons. The van der Waals surface area contributed by atoms with E-state index in [0.29, 0.717) is 6.54 Å². The highest BCUT2D eigenvalue weighted by atomic mass is 19.1. The molecule has 0 aromatic carbocycles. The first-order chi connectivity index (χ1) is 9.19. The van der Waals surface area contributed by atoms with Crippen LogP contribution in [0.5, 0.6) is 0 Å². The van der Waals surface area contributed by atoms with Crippen LogP contribution >= 0.6 is 0 Å². The summed E-state index contributed by atoms with van der Waals surface area (Å²) in [6.07, 6.45) is 1.77. The van der Waals surface area contributed by atoms with E-state index < -0.39 is 11.9 Å². The molecule has 1 amide bonds. The summed E-state index contributed by atoms with van der Waals surface area (Å²) in [5.74, 6) is -1.13. The van der Waals surface area contributed by atoms with E-state index in [0.717, 1.165) is 17.8 Å². The molecule has 2 aromatic heterocycles. The lowest BCUT2D eigenvalue weighted by Gasteiger charge is -2.05. The van der Waals surface area contributed by atoms with Crippen molar-refractivity contribution in [2.45, 2.75) is 13.1 Å². The second-order valence-electron chi connectivity index (χ2n) is 4.23. The molecule has 0 fully saturated rings. The van der Waals surface area contributed by atoms with E-state index in [1.807, 2.05) is 0 Å². The Morgan fingerprint density at radius 1 is 1.47 bits per heavy atom. The second kappa shape index (κ2) is 4.43. The highest BCUT2D eigenvalue weighted by molar-refractivity contribution is 5.92. The highest BCUT2D eigenvalue weighted by Crippen LogP contribution is 2.18. The SMILES string of the molecule is CNC(=O)c1ccc(-n2cc3c(n2)CNC3)c(F)n1. The molecule has 0 atom stereocenters. The molecule has 3 heterocycles. The number of hydrogen-bond acceptors (Lipinski definition) is 4. The van der Waals surface area contributed by atoms with Crippen LogP contribution in [-0.2, 0) is 13.1 Å². The summed E-state index contributed by atoms with van der Waals surface area (Å²) in [5, 5.41) is 9.85. The number of nitrogens with zero attached hydrogens (tertiary/aromatic N) is 3. The van der Waals surface area contributed by atoms with Crippen LogP contribution in [0.25, 0.3) is 5.69 Å². The predicted molar refractivity (Wildman–Crippen MR) is 65.3 cm³/mol. The largest absolute Gasteiger partial charge is 0.354 e. The third-order valence-corrected chi connectivity index (χ3v) is 3.02. The molecule has 0 saturated carbocycles. The average Bonchev–Trinajstić information content (AvgIpc) is 2.98. The maximum absolute atomic E-state index is 13.9. The minimum absolute atomic E-state index is 0.0464. The molecule has 0 bridgehead atoms. The summed E-state index contributed by atoms with van der Waals surface area (Å²) in [4.78, 5) is 15.0. The van der Waals surface area contributed by atoms with Gasteiger partial charge >= 0.3 is 0 Å².